The Morgan fingerprint density at radius 1 is 1.24 bits per heavy atom. The SMILES string of the molecule is CCN(CC)S(=O)(=O)c1cccc(NCC(=O)Nc2cc(C)on2)c1. The Balaban J connectivity index is 2.03. The lowest BCUT2D eigenvalue weighted by Gasteiger charge is -2.19. The summed E-state index contributed by atoms with van der Waals surface area (Å²) >= 11 is 0. The molecule has 0 unspecified atom stereocenters. The number of aromatic nitrogens is 1. The highest BCUT2D eigenvalue weighted by Crippen LogP contribution is 2.19. The van der Waals surface area contributed by atoms with Gasteiger partial charge in [-0.05, 0) is 25.1 Å². The highest BCUT2D eigenvalue weighted by Gasteiger charge is 2.21. The van der Waals surface area contributed by atoms with Crippen LogP contribution >= 0.6 is 0 Å². The number of anilines is 2. The van der Waals surface area contributed by atoms with Gasteiger partial charge in [-0.25, -0.2) is 8.42 Å². The Morgan fingerprint density at radius 2 is 1.96 bits per heavy atom. The molecule has 8 nitrogen and oxygen atoms in total. The minimum atomic E-state index is -3.54. The molecule has 136 valence electrons. The molecule has 0 radical (unpaired) electrons. The number of carbonyl (C=O) groups is 1. The number of benzene rings is 1. The van der Waals surface area contributed by atoms with E-state index in [0.29, 0.717) is 30.4 Å². The van der Waals surface area contributed by atoms with Gasteiger partial charge >= 0.3 is 0 Å². The van der Waals surface area contributed by atoms with Crippen LogP contribution in [0.15, 0.2) is 39.8 Å². The Morgan fingerprint density at radius 3 is 2.56 bits per heavy atom. The molecule has 25 heavy (non-hydrogen) atoms. The van der Waals surface area contributed by atoms with E-state index in [2.05, 4.69) is 15.8 Å². The van der Waals surface area contributed by atoms with Crippen LogP contribution in [0.25, 0.3) is 0 Å². The van der Waals surface area contributed by atoms with Crippen molar-refractivity contribution in [1.29, 1.82) is 0 Å². The van der Waals surface area contributed by atoms with E-state index in [0.717, 1.165) is 0 Å². The predicted octanol–water partition coefficient (Wildman–Crippen LogP) is 2.06. The van der Waals surface area contributed by atoms with Crippen LogP contribution in [0, 0.1) is 6.92 Å². The molecule has 0 aliphatic rings. The van der Waals surface area contributed by atoms with Crippen molar-refractivity contribution in [3.63, 3.8) is 0 Å². The summed E-state index contributed by atoms with van der Waals surface area (Å²) in [5.74, 6) is 0.616. The molecule has 1 heterocycles. The third kappa shape index (κ3) is 4.80. The summed E-state index contributed by atoms with van der Waals surface area (Å²) < 4.78 is 31.3. The van der Waals surface area contributed by atoms with Gasteiger partial charge in [0.1, 0.15) is 5.76 Å². The molecule has 0 atom stereocenters. The van der Waals surface area contributed by atoms with E-state index in [1.54, 1.807) is 39.0 Å². The van der Waals surface area contributed by atoms with Crippen molar-refractivity contribution >= 4 is 27.4 Å². The summed E-state index contributed by atoms with van der Waals surface area (Å²) in [5, 5.41) is 9.16. The number of aryl methyl sites for hydroxylation is 1. The molecule has 0 fully saturated rings. The fraction of sp³-hybridized carbons (Fsp3) is 0.375. The Bertz CT molecular complexity index is 828. The van der Waals surface area contributed by atoms with Crippen LogP contribution in [-0.4, -0.2) is 43.4 Å². The maximum absolute atomic E-state index is 12.5. The van der Waals surface area contributed by atoms with Crippen LogP contribution in [-0.2, 0) is 14.8 Å². The van der Waals surface area contributed by atoms with E-state index in [4.69, 9.17) is 4.52 Å². The predicted molar refractivity (Wildman–Crippen MR) is 94.9 cm³/mol. The summed E-state index contributed by atoms with van der Waals surface area (Å²) in [6.07, 6.45) is 0. The molecule has 1 aromatic heterocycles. The maximum atomic E-state index is 12.5. The number of amides is 1. The molecule has 0 saturated heterocycles. The van der Waals surface area contributed by atoms with E-state index in [1.807, 2.05) is 0 Å². The van der Waals surface area contributed by atoms with Gasteiger partial charge in [-0.15, -0.1) is 0 Å². The molecule has 0 bridgehead atoms. The number of nitrogens with zero attached hydrogens (tertiary/aromatic N) is 2. The first-order valence-electron chi connectivity index (χ1n) is 7.94. The second-order valence-electron chi connectivity index (χ2n) is 5.34. The first-order chi connectivity index (χ1) is 11.9. The van der Waals surface area contributed by atoms with Crippen LogP contribution in [0.4, 0.5) is 11.5 Å². The van der Waals surface area contributed by atoms with Crippen LogP contribution in [0.5, 0.6) is 0 Å². The van der Waals surface area contributed by atoms with Gasteiger partial charge in [0.15, 0.2) is 5.82 Å². The Labute approximate surface area is 147 Å². The molecular formula is C16H22N4O4S. The summed E-state index contributed by atoms with van der Waals surface area (Å²) in [4.78, 5) is 12.1. The molecule has 0 aliphatic heterocycles. The van der Waals surface area contributed by atoms with Crippen molar-refractivity contribution < 1.29 is 17.7 Å². The summed E-state index contributed by atoms with van der Waals surface area (Å²) in [6.45, 7) is 6.08. The zero-order valence-corrected chi connectivity index (χ0v) is 15.3. The zero-order chi connectivity index (χ0) is 18.4. The fourth-order valence-corrected chi connectivity index (χ4v) is 3.78. The average molecular weight is 366 g/mol. The van der Waals surface area contributed by atoms with E-state index >= 15 is 0 Å². The van der Waals surface area contributed by atoms with Crippen molar-refractivity contribution in [2.45, 2.75) is 25.7 Å². The summed E-state index contributed by atoms with van der Waals surface area (Å²) in [6, 6.07) is 8.00. The second kappa shape index (κ2) is 8.13. The van der Waals surface area contributed by atoms with Gasteiger partial charge < -0.3 is 15.2 Å². The summed E-state index contributed by atoms with van der Waals surface area (Å²) in [5.41, 5.74) is 0.541. The fourth-order valence-electron chi connectivity index (χ4n) is 2.27. The molecule has 0 saturated carbocycles. The van der Waals surface area contributed by atoms with Crippen LogP contribution in [0.1, 0.15) is 19.6 Å². The largest absolute Gasteiger partial charge is 0.376 e. The number of nitrogens with one attached hydrogen (secondary N) is 2. The number of sulfonamides is 1. The number of hydrogen-bond donors (Lipinski definition) is 2. The van der Waals surface area contributed by atoms with Gasteiger partial charge in [-0.1, -0.05) is 25.1 Å². The van der Waals surface area contributed by atoms with Gasteiger partial charge in [-0.3, -0.25) is 4.79 Å². The van der Waals surface area contributed by atoms with Gasteiger partial charge in [0.2, 0.25) is 15.9 Å². The lowest BCUT2D eigenvalue weighted by atomic mass is 10.3. The smallest absolute Gasteiger partial charge is 0.244 e. The molecule has 9 heteroatoms. The highest BCUT2D eigenvalue weighted by molar-refractivity contribution is 7.89. The number of hydrogen-bond acceptors (Lipinski definition) is 6. The van der Waals surface area contributed by atoms with E-state index in [9.17, 15) is 13.2 Å². The van der Waals surface area contributed by atoms with E-state index < -0.39 is 10.0 Å². The lowest BCUT2D eigenvalue weighted by molar-refractivity contribution is -0.114. The third-order valence-electron chi connectivity index (χ3n) is 3.53. The molecule has 2 rings (SSSR count). The Kier molecular flexibility index (Phi) is 6.16. The van der Waals surface area contributed by atoms with Crippen molar-refractivity contribution in [1.82, 2.24) is 9.46 Å². The lowest BCUT2D eigenvalue weighted by Crippen LogP contribution is -2.30. The number of carbonyl (C=O) groups excluding carboxylic acids is 1. The van der Waals surface area contributed by atoms with Crippen LogP contribution in [0.2, 0.25) is 0 Å². The molecule has 0 aliphatic carbocycles. The molecule has 2 aromatic rings. The highest BCUT2D eigenvalue weighted by atomic mass is 32.2. The minimum absolute atomic E-state index is 0.0271. The normalized spacial score (nSPS) is 11.5. The second-order valence-corrected chi connectivity index (χ2v) is 7.28. The zero-order valence-electron chi connectivity index (χ0n) is 14.4. The molecule has 1 amide bonds. The van der Waals surface area contributed by atoms with Crippen molar-refractivity contribution in [3.8, 4) is 0 Å². The van der Waals surface area contributed by atoms with E-state index in [1.165, 1.54) is 16.4 Å². The quantitative estimate of drug-likeness (QED) is 0.741. The topological polar surface area (TPSA) is 105 Å². The number of rotatable bonds is 8. The van der Waals surface area contributed by atoms with Crippen molar-refractivity contribution in [2.24, 2.45) is 0 Å². The monoisotopic (exact) mass is 366 g/mol. The summed E-state index contributed by atoms with van der Waals surface area (Å²) in [7, 11) is -3.54. The molecule has 0 spiro atoms. The van der Waals surface area contributed by atoms with Crippen LogP contribution < -0.4 is 10.6 Å². The van der Waals surface area contributed by atoms with Gasteiger partial charge in [-0.2, -0.15) is 4.31 Å². The third-order valence-corrected chi connectivity index (χ3v) is 5.57. The van der Waals surface area contributed by atoms with Gasteiger partial charge in [0.25, 0.3) is 0 Å². The standard InChI is InChI=1S/C16H22N4O4S/c1-4-20(5-2)25(22,23)14-8-6-7-13(10-14)17-11-16(21)18-15-9-12(3)24-19-15/h6-10,17H,4-5,11H2,1-3H3,(H,18,19,21). The van der Waals surface area contributed by atoms with Gasteiger partial charge in [0, 0.05) is 24.8 Å². The first kappa shape index (κ1) is 18.9. The van der Waals surface area contributed by atoms with Crippen LogP contribution in [0.3, 0.4) is 0 Å². The molecule has 1 aromatic carbocycles. The van der Waals surface area contributed by atoms with Crippen molar-refractivity contribution in [2.75, 3.05) is 30.3 Å². The molecule has 2 N–H and O–H groups in total. The maximum Gasteiger partial charge on any atom is 0.244 e. The average Bonchev–Trinajstić information content (AvgIpc) is 2.99. The Hall–Kier alpha value is -2.39. The first-order valence-corrected chi connectivity index (χ1v) is 9.38. The van der Waals surface area contributed by atoms with Crippen molar-refractivity contribution in [3.05, 3.63) is 36.1 Å². The minimum Gasteiger partial charge on any atom is -0.376 e. The van der Waals surface area contributed by atoms with Gasteiger partial charge in [0.05, 0.1) is 11.4 Å². The van der Waals surface area contributed by atoms with E-state index in [-0.39, 0.29) is 17.3 Å². The molecular weight excluding hydrogens is 344 g/mol.